The van der Waals surface area contributed by atoms with Crippen LogP contribution in [-0.4, -0.2) is 29.0 Å². The molecule has 11 heteroatoms. The Morgan fingerprint density at radius 3 is 2.49 bits per heavy atom. The minimum atomic E-state index is -3.91. The number of aromatic nitrogens is 2. The van der Waals surface area contributed by atoms with Crippen LogP contribution in [0.4, 0.5) is 11.4 Å². The molecule has 0 saturated carbocycles. The van der Waals surface area contributed by atoms with Crippen molar-refractivity contribution in [3.05, 3.63) is 107 Å². The van der Waals surface area contributed by atoms with E-state index in [0.717, 1.165) is 5.69 Å². The molecule has 0 saturated heterocycles. The number of benzene rings is 3. The molecular formula is C24H19N5O5S. The molecule has 0 aliphatic carbocycles. The van der Waals surface area contributed by atoms with Crippen LogP contribution < -0.4 is 10.5 Å². The van der Waals surface area contributed by atoms with Crippen molar-refractivity contribution < 1.29 is 18.1 Å². The summed E-state index contributed by atoms with van der Waals surface area (Å²) in [5, 5.41) is 23.5. The van der Waals surface area contributed by atoms with E-state index in [1.54, 1.807) is 23.0 Å². The number of nitrogens with one attached hydrogen (secondary N) is 1. The number of nitro benzene ring substituents is 1. The van der Waals surface area contributed by atoms with Gasteiger partial charge in [-0.3, -0.25) is 14.9 Å². The second-order valence-corrected chi connectivity index (χ2v) is 8.98. The Morgan fingerprint density at radius 1 is 1.03 bits per heavy atom. The average molecular weight is 490 g/mol. The van der Waals surface area contributed by atoms with Crippen molar-refractivity contribution in [1.82, 2.24) is 9.78 Å². The molecule has 0 fully saturated rings. The van der Waals surface area contributed by atoms with E-state index in [1.807, 2.05) is 30.3 Å². The number of nitrogens with zero attached hydrogens (tertiary/aromatic N) is 3. The molecule has 1 amide bonds. The van der Waals surface area contributed by atoms with Crippen LogP contribution in [-0.2, 0) is 14.8 Å². The smallest absolute Gasteiger partial charge is 0.270 e. The van der Waals surface area contributed by atoms with E-state index in [1.165, 1.54) is 48.6 Å². The predicted octanol–water partition coefficient (Wildman–Crippen LogP) is 3.75. The number of para-hydroxylation sites is 1. The standard InChI is InChI=1S/C24H19N5O5S/c25-35(33,34)22-11-5-7-19(15-22)26-23(30)13-12-18-16-28(20-8-2-1-3-9-20)27-24(18)17-6-4-10-21(14-17)29(31)32/h1-16H,(H,26,30)(H2,25,33,34). The highest BCUT2D eigenvalue weighted by Gasteiger charge is 2.15. The Labute approximate surface area is 200 Å². The minimum Gasteiger partial charge on any atom is -0.322 e. The van der Waals surface area contributed by atoms with Gasteiger partial charge in [-0.1, -0.05) is 36.4 Å². The molecule has 0 bridgehead atoms. The molecule has 3 aromatic carbocycles. The lowest BCUT2D eigenvalue weighted by Gasteiger charge is -2.04. The Hall–Kier alpha value is -4.61. The van der Waals surface area contributed by atoms with Gasteiger partial charge in [0.25, 0.3) is 5.69 Å². The molecule has 0 aliphatic rings. The summed E-state index contributed by atoms with van der Waals surface area (Å²) in [6.07, 6.45) is 4.49. The first-order valence-electron chi connectivity index (χ1n) is 10.2. The van der Waals surface area contributed by atoms with Gasteiger partial charge in [0.15, 0.2) is 0 Å². The fourth-order valence-electron chi connectivity index (χ4n) is 3.31. The zero-order chi connectivity index (χ0) is 25.0. The van der Waals surface area contributed by atoms with E-state index in [0.29, 0.717) is 16.8 Å². The highest BCUT2D eigenvalue weighted by molar-refractivity contribution is 7.89. The van der Waals surface area contributed by atoms with Crippen LogP contribution in [0.1, 0.15) is 5.56 Å². The number of carbonyl (C=O) groups excluding carboxylic acids is 1. The number of nitrogens with two attached hydrogens (primary N) is 1. The van der Waals surface area contributed by atoms with E-state index >= 15 is 0 Å². The molecular weight excluding hydrogens is 470 g/mol. The largest absolute Gasteiger partial charge is 0.322 e. The Morgan fingerprint density at radius 2 is 1.77 bits per heavy atom. The summed E-state index contributed by atoms with van der Waals surface area (Å²) in [4.78, 5) is 23.1. The summed E-state index contributed by atoms with van der Waals surface area (Å²) in [6.45, 7) is 0. The van der Waals surface area contributed by atoms with Crippen molar-refractivity contribution in [3.8, 4) is 16.9 Å². The lowest BCUT2D eigenvalue weighted by molar-refractivity contribution is -0.384. The van der Waals surface area contributed by atoms with Crippen LogP contribution in [0.5, 0.6) is 0 Å². The summed E-state index contributed by atoms with van der Waals surface area (Å²) in [5.74, 6) is -0.519. The zero-order valence-corrected chi connectivity index (χ0v) is 18.9. The monoisotopic (exact) mass is 489 g/mol. The molecule has 4 rings (SSSR count). The maximum atomic E-state index is 12.5. The van der Waals surface area contributed by atoms with Crippen LogP contribution >= 0.6 is 0 Å². The van der Waals surface area contributed by atoms with Gasteiger partial charge in [0.2, 0.25) is 15.9 Å². The third-order valence-corrected chi connectivity index (χ3v) is 5.85. The number of amides is 1. The first-order valence-corrected chi connectivity index (χ1v) is 11.8. The number of carbonyl (C=O) groups is 1. The molecule has 0 aliphatic heterocycles. The second kappa shape index (κ2) is 9.71. The number of anilines is 1. The maximum Gasteiger partial charge on any atom is 0.270 e. The molecule has 0 unspecified atom stereocenters. The van der Waals surface area contributed by atoms with E-state index in [2.05, 4.69) is 10.4 Å². The summed E-state index contributed by atoms with van der Waals surface area (Å²) >= 11 is 0. The zero-order valence-electron chi connectivity index (χ0n) is 18.1. The number of hydrogen-bond acceptors (Lipinski definition) is 6. The number of hydrogen-bond donors (Lipinski definition) is 2. The van der Waals surface area contributed by atoms with Gasteiger partial charge < -0.3 is 5.32 Å². The van der Waals surface area contributed by atoms with E-state index in [9.17, 15) is 23.3 Å². The molecule has 0 radical (unpaired) electrons. The maximum absolute atomic E-state index is 12.5. The third kappa shape index (κ3) is 5.66. The highest BCUT2D eigenvalue weighted by Crippen LogP contribution is 2.28. The van der Waals surface area contributed by atoms with Crippen LogP contribution in [0.3, 0.4) is 0 Å². The van der Waals surface area contributed by atoms with E-state index in [4.69, 9.17) is 5.14 Å². The Kier molecular flexibility index (Phi) is 6.53. The molecule has 1 heterocycles. The molecule has 0 atom stereocenters. The van der Waals surface area contributed by atoms with E-state index < -0.39 is 20.9 Å². The molecule has 10 nitrogen and oxygen atoms in total. The first kappa shape index (κ1) is 23.5. The number of non-ortho nitro benzene ring substituents is 1. The summed E-state index contributed by atoms with van der Waals surface area (Å²) in [6, 6.07) is 20.9. The second-order valence-electron chi connectivity index (χ2n) is 7.42. The van der Waals surface area contributed by atoms with Gasteiger partial charge in [-0.15, -0.1) is 0 Å². The number of rotatable bonds is 7. The normalized spacial score (nSPS) is 11.5. The minimum absolute atomic E-state index is 0.0841. The van der Waals surface area contributed by atoms with Gasteiger partial charge in [-0.2, -0.15) is 5.10 Å². The van der Waals surface area contributed by atoms with Crippen LogP contribution in [0, 0.1) is 10.1 Å². The van der Waals surface area contributed by atoms with Crippen molar-refractivity contribution in [3.63, 3.8) is 0 Å². The highest BCUT2D eigenvalue weighted by atomic mass is 32.2. The van der Waals surface area contributed by atoms with Crippen molar-refractivity contribution >= 4 is 33.4 Å². The van der Waals surface area contributed by atoms with Gasteiger partial charge in [0, 0.05) is 41.2 Å². The fraction of sp³-hybridized carbons (Fsp3) is 0. The van der Waals surface area contributed by atoms with Crippen molar-refractivity contribution in [2.45, 2.75) is 4.90 Å². The molecule has 4 aromatic rings. The molecule has 0 spiro atoms. The molecule has 176 valence electrons. The van der Waals surface area contributed by atoms with Gasteiger partial charge in [-0.05, 0) is 36.4 Å². The Balaban J connectivity index is 1.67. The van der Waals surface area contributed by atoms with Crippen LogP contribution in [0.2, 0.25) is 0 Å². The summed E-state index contributed by atoms with van der Waals surface area (Å²) in [5.41, 5.74) is 2.43. The summed E-state index contributed by atoms with van der Waals surface area (Å²) in [7, 11) is -3.91. The quantitative estimate of drug-likeness (QED) is 0.229. The predicted molar refractivity (Wildman–Crippen MR) is 131 cm³/mol. The first-order chi connectivity index (χ1) is 16.7. The van der Waals surface area contributed by atoms with Crippen molar-refractivity contribution in [2.75, 3.05) is 5.32 Å². The van der Waals surface area contributed by atoms with E-state index in [-0.39, 0.29) is 16.3 Å². The van der Waals surface area contributed by atoms with Gasteiger partial charge >= 0.3 is 0 Å². The van der Waals surface area contributed by atoms with Gasteiger partial charge in [0.05, 0.1) is 15.5 Å². The Bertz CT molecular complexity index is 1550. The lowest BCUT2D eigenvalue weighted by atomic mass is 10.1. The number of primary sulfonamides is 1. The topological polar surface area (TPSA) is 150 Å². The summed E-state index contributed by atoms with van der Waals surface area (Å²) < 4.78 is 24.7. The van der Waals surface area contributed by atoms with Crippen molar-refractivity contribution in [2.24, 2.45) is 5.14 Å². The average Bonchev–Trinajstić information content (AvgIpc) is 3.27. The number of nitro groups is 1. The van der Waals surface area contributed by atoms with Gasteiger partial charge in [-0.25, -0.2) is 18.2 Å². The van der Waals surface area contributed by atoms with Crippen LogP contribution in [0.25, 0.3) is 23.0 Å². The van der Waals surface area contributed by atoms with Crippen LogP contribution in [0.15, 0.2) is 96.0 Å². The number of sulfonamides is 1. The fourth-order valence-corrected chi connectivity index (χ4v) is 3.87. The lowest BCUT2D eigenvalue weighted by Crippen LogP contribution is -2.13. The van der Waals surface area contributed by atoms with Gasteiger partial charge in [0.1, 0.15) is 5.69 Å². The van der Waals surface area contributed by atoms with Crippen molar-refractivity contribution in [1.29, 1.82) is 0 Å². The SMILES string of the molecule is NS(=O)(=O)c1cccc(NC(=O)C=Cc2cn(-c3ccccc3)nc2-c2cccc([N+](=O)[O-])c2)c1. The molecule has 35 heavy (non-hydrogen) atoms. The molecule has 3 N–H and O–H groups in total. The third-order valence-electron chi connectivity index (χ3n) is 4.94. The molecule has 1 aromatic heterocycles.